The van der Waals surface area contributed by atoms with E-state index < -0.39 is 0 Å². The van der Waals surface area contributed by atoms with Gasteiger partial charge in [0, 0.05) is 32.9 Å². The molecule has 0 saturated heterocycles. The summed E-state index contributed by atoms with van der Waals surface area (Å²) >= 11 is 0. The van der Waals surface area contributed by atoms with Crippen molar-refractivity contribution in [3.63, 3.8) is 0 Å². The quantitative estimate of drug-likeness (QED) is 0.662. The molecule has 0 fully saturated rings. The maximum absolute atomic E-state index is 11.8. The van der Waals surface area contributed by atoms with Crippen LogP contribution in [0, 0.1) is 0 Å². The van der Waals surface area contributed by atoms with Crippen LogP contribution in [0.1, 0.15) is 22.3 Å². The average Bonchev–Trinajstić information content (AvgIpc) is 2.47. The molecule has 1 N–H and O–H groups in total. The summed E-state index contributed by atoms with van der Waals surface area (Å²) in [6.07, 6.45) is 0.789. The Morgan fingerprint density at radius 1 is 1.05 bits per heavy atom. The third kappa shape index (κ3) is 6.65. The molecule has 20 heavy (non-hydrogen) atoms. The molecular weight excluding hydrogens is 258 g/mol. The average molecular weight is 281 g/mol. The number of hydrogen-bond acceptors (Lipinski definition) is 4. The first-order valence-corrected chi connectivity index (χ1v) is 6.70. The molecule has 0 spiro atoms. The van der Waals surface area contributed by atoms with Crippen molar-refractivity contribution in [3.05, 3.63) is 35.4 Å². The summed E-state index contributed by atoms with van der Waals surface area (Å²) in [5.41, 5.74) is 1.71. The molecule has 5 nitrogen and oxygen atoms in total. The molecule has 0 bridgehead atoms. The minimum absolute atomic E-state index is 0.0640. The second-order valence-electron chi connectivity index (χ2n) is 4.34. The van der Waals surface area contributed by atoms with E-state index in [0.29, 0.717) is 38.5 Å². The molecule has 112 valence electrons. The molecule has 1 aromatic carbocycles. The molecule has 1 rings (SSSR count). The van der Waals surface area contributed by atoms with E-state index in [4.69, 9.17) is 14.2 Å². The van der Waals surface area contributed by atoms with Crippen LogP contribution < -0.4 is 5.32 Å². The fourth-order valence-corrected chi connectivity index (χ4v) is 1.64. The first kappa shape index (κ1) is 16.6. The highest BCUT2D eigenvalue weighted by atomic mass is 16.5. The molecule has 0 atom stereocenters. The molecule has 0 unspecified atom stereocenters. The zero-order valence-electron chi connectivity index (χ0n) is 12.2. The van der Waals surface area contributed by atoms with Crippen LogP contribution in [0.3, 0.4) is 0 Å². The van der Waals surface area contributed by atoms with Crippen LogP contribution in [0.25, 0.3) is 0 Å². The Bertz CT molecular complexity index is 378. The van der Waals surface area contributed by atoms with Crippen LogP contribution in [0.2, 0.25) is 0 Å². The molecule has 0 saturated carbocycles. The van der Waals surface area contributed by atoms with Gasteiger partial charge in [-0.05, 0) is 24.1 Å². The number of rotatable bonds is 10. The Labute approximate surface area is 120 Å². The van der Waals surface area contributed by atoms with E-state index in [9.17, 15) is 4.79 Å². The van der Waals surface area contributed by atoms with Crippen LogP contribution in [0.4, 0.5) is 0 Å². The number of hydrogen-bond donors (Lipinski definition) is 1. The molecule has 0 aliphatic rings. The van der Waals surface area contributed by atoms with Crippen molar-refractivity contribution in [1.29, 1.82) is 0 Å². The Kier molecular flexibility index (Phi) is 8.62. The maximum Gasteiger partial charge on any atom is 0.251 e. The van der Waals surface area contributed by atoms with E-state index in [1.165, 1.54) is 0 Å². The summed E-state index contributed by atoms with van der Waals surface area (Å²) in [4.78, 5) is 11.8. The SMILES string of the molecule is COCCOCCCNC(=O)c1ccc(COC)cc1. The highest BCUT2D eigenvalue weighted by molar-refractivity contribution is 5.94. The summed E-state index contributed by atoms with van der Waals surface area (Å²) in [7, 11) is 3.29. The molecular formula is C15H23NO4. The topological polar surface area (TPSA) is 56.8 Å². The van der Waals surface area contributed by atoms with Crippen molar-refractivity contribution in [2.45, 2.75) is 13.0 Å². The summed E-state index contributed by atoms with van der Waals surface area (Å²) < 4.78 is 15.2. The third-order valence-electron chi connectivity index (χ3n) is 2.71. The first-order valence-electron chi connectivity index (χ1n) is 6.70. The van der Waals surface area contributed by atoms with Crippen molar-refractivity contribution in [3.8, 4) is 0 Å². The Morgan fingerprint density at radius 3 is 2.45 bits per heavy atom. The standard InChI is InChI=1S/C15H23NO4/c1-18-10-11-20-9-3-8-16-15(17)14-6-4-13(5-7-14)12-19-2/h4-7H,3,8-12H2,1-2H3,(H,16,17). The predicted octanol–water partition coefficient (Wildman–Crippen LogP) is 1.62. The molecule has 1 amide bonds. The van der Waals surface area contributed by atoms with Gasteiger partial charge in [0.05, 0.1) is 19.8 Å². The van der Waals surface area contributed by atoms with Crippen molar-refractivity contribution >= 4 is 5.91 Å². The molecule has 1 aromatic rings. The highest BCUT2D eigenvalue weighted by Gasteiger charge is 2.04. The predicted molar refractivity (Wildman–Crippen MR) is 76.8 cm³/mol. The molecule has 0 heterocycles. The van der Waals surface area contributed by atoms with Crippen molar-refractivity contribution in [2.24, 2.45) is 0 Å². The van der Waals surface area contributed by atoms with Gasteiger partial charge in [-0.3, -0.25) is 4.79 Å². The number of carbonyl (C=O) groups excluding carboxylic acids is 1. The van der Waals surface area contributed by atoms with Gasteiger partial charge in [-0.2, -0.15) is 0 Å². The third-order valence-corrected chi connectivity index (χ3v) is 2.71. The van der Waals surface area contributed by atoms with E-state index >= 15 is 0 Å². The summed E-state index contributed by atoms with van der Waals surface area (Å²) in [6, 6.07) is 7.40. The van der Waals surface area contributed by atoms with Crippen LogP contribution in [0.5, 0.6) is 0 Å². The lowest BCUT2D eigenvalue weighted by Crippen LogP contribution is -2.25. The minimum atomic E-state index is -0.0640. The van der Waals surface area contributed by atoms with Gasteiger partial charge in [-0.15, -0.1) is 0 Å². The highest BCUT2D eigenvalue weighted by Crippen LogP contribution is 2.05. The largest absolute Gasteiger partial charge is 0.382 e. The maximum atomic E-state index is 11.8. The van der Waals surface area contributed by atoms with Crippen molar-refractivity contribution < 1.29 is 19.0 Å². The van der Waals surface area contributed by atoms with Crippen molar-refractivity contribution in [2.75, 3.05) is 40.6 Å². The normalized spacial score (nSPS) is 10.5. The number of benzene rings is 1. The van der Waals surface area contributed by atoms with E-state index in [1.807, 2.05) is 12.1 Å². The van der Waals surface area contributed by atoms with Crippen LogP contribution in [-0.2, 0) is 20.8 Å². The number of ether oxygens (including phenoxy) is 3. The molecule has 0 aliphatic heterocycles. The van der Waals surface area contributed by atoms with Crippen molar-refractivity contribution in [1.82, 2.24) is 5.32 Å². The lowest BCUT2D eigenvalue weighted by atomic mass is 10.1. The number of amides is 1. The zero-order chi connectivity index (χ0) is 14.6. The molecule has 5 heteroatoms. The van der Waals surface area contributed by atoms with E-state index in [-0.39, 0.29) is 5.91 Å². The second kappa shape index (κ2) is 10.4. The summed E-state index contributed by atoms with van der Waals surface area (Å²) in [5, 5.41) is 2.86. The fourth-order valence-electron chi connectivity index (χ4n) is 1.64. The van der Waals surface area contributed by atoms with Crippen LogP contribution in [-0.4, -0.2) is 46.5 Å². The molecule has 0 aromatic heterocycles. The minimum Gasteiger partial charge on any atom is -0.382 e. The summed E-state index contributed by atoms with van der Waals surface area (Å²) in [6.45, 7) is 2.97. The van der Waals surface area contributed by atoms with Crippen LogP contribution >= 0.6 is 0 Å². The van der Waals surface area contributed by atoms with Gasteiger partial charge in [0.1, 0.15) is 0 Å². The lowest BCUT2D eigenvalue weighted by Gasteiger charge is -2.07. The monoisotopic (exact) mass is 281 g/mol. The van der Waals surface area contributed by atoms with E-state index in [1.54, 1.807) is 26.4 Å². The van der Waals surface area contributed by atoms with Gasteiger partial charge in [0.25, 0.3) is 5.91 Å². The van der Waals surface area contributed by atoms with Gasteiger partial charge in [0.2, 0.25) is 0 Å². The zero-order valence-corrected chi connectivity index (χ0v) is 12.2. The van der Waals surface area contributed by atoms with Gasteiger partial charge in [-0.1, -0.05) is 12.1 Å². The van der Waals surface area contributed by atoms with E-state index in [2.05, 4.69) is 5.32 Å². The smallest absolute Gasteiger partial charge is 0.251 e. The van der Waals surface area contributed by atoms with E-state index in [0.717, 1.165) is 12.0 Å². The fraction of sp³-hybridized carbons (Fsp3) is 0.533. The molecule has 0 radical (unpaired) electrons. The van der Waals surface area contributed by atoms with Gasteiger partial charge < -0.3 is 19.5 Å². The Balaban J connectivity index is 2.18. The first-order chi connectivity index (χ1) is 9.77. The van der Waals surface area contributed by atoms with Gasteiger partial charge in [0.15, 0.2) is 0 Å². The van der Waals surface area contributed by atoms with Gasteiger partial charge in [-0.25, -0.2) is 0 Å². The number of methoxy groups -OCH3 is 2. The molecule has 0 aliphatic carbocycles. The Morgan fingerprint density at radius 2 is 1.80 bits per heavy atom. The van der Waals surface area contributed by atoms with Gasteiger partial charge >= 0.3 is 0 Å². The number of carbonyl (C=O) groups is 1. The summed E-state index contributed by atoms with van der Waals surface area (Å²) in [5.74, 6) is -0.0640. The lowest BCUT2D eigenvalue weighted by molar-refractivity contribution is 0.0688. The second-order valence-corrected chi connectivity index (χ2v) is 4.34. The Hall–Kier alpha value is -1.43. The van der Waals surface area contributed by atoms with Crippen LogP contribution in [0.15, 0.2) is 24.3 Å². The number of nitrogens with one attached hydrogen (secondary N) is 1.